The molecular weight excluding hydrogens is 472 g/mol. The molecule has 0 heterocycles. The summed E-state index contributed by atoms with van der Waals surface area (Å²) in [5.74, 6) is 0.358. The summed E-state index contributed by atoms with van der Waals surface area (Å²) in [5.41, 5.74) is 2.23. The first kappa shape index (κ1) is 26.8. The lowest BCUT2D eigenvalue weighted by molar-refractivity contribution is -0.0434. The standard InChI is InChI=1S/C31H37ClO4/c1-30(2,35-5)18-19-36-31(3,4)27-26(28(33)24-8-6-7-9-25(24)29(27)34)22-12-10-20(11-13-22)21-14-16-23(32)17-15-21/h6-9,14-17,20,22H,10-13,18-19H2,1-5H3. The predicted octanol–water partition coefficient (Wildman–Crippen LogP) is 7.60. The number of Topliss-reactive ketones (excluding diaryl/α,β-unsaturated/α-hetero) is 2. The van der Waals surface area contributed by atoms with E-state index in [2.05, 4.69) is 12.1 Å². The summed E-state index contributed by atoms with van der Waals surface area (Å²) in [6.45, 7) is 8.29. The lowest BCUT2D eigenvalue weighted by Crippen LogP contribution is -2.40. The third kappa shape index (κ3) is 5.51. The number of rotatable bonds is 8. The van der Waals surface area contributed by atoms with Crippen molar-refractivity contribution in [2.24, 2.45) is 5.92 Å². The molecule has 0 bridgehead atoms. The largest absolute Gasteiger partial charge is 0.379 e. The summed E-state index contributed by atoms with van der Waals surface area (Å²) in [5, 5.41) is 0.739. The van der Waals surface area contributed by atoms with Crippen molar-refractivity contribution in [3.05, 3.63) is 81.4 Å². The topological polar surface area (TPSA) is 52.6 Å². The van der Waals surface area contributed by atoms with Crippen LogP contribution in [0.5, 0.6) is 0 Å². The molecule has 1 saturated carbocycles. The number of halogens is 1. The maximum absolute atomic E-state index is 13.9. The van der Waals surface area contributed by atoms with E-state index >= 15 is 0 Å². The summed E-state index contributed by atoms with van der Waals surface area (Å²) in [7, 11) is 1.69. The van der Waals surface area contributed by atoms with Crippen molar-refractivity contribution in [2.75, 3.05) is 13.7 Å². The number of hydrogen-bond donors (Lipinski definition) is 0. The van der Waals surface area contributed by atoms with Gasteiger partial charge in [0.1, 0.15) is 0 Å². The summed E-state index contributed by atoms with van der Waals surface area (Å²) in [4.78, 5) is 27.8. The van der Waals surface area contributed by atoms with E-state index in [9.17, 15) is 9.59 Å². The molecule has 36 heavy (non-hydrogen) atoms. The van der Waals surface area contributed by atoms with Crippen LogP contribution in [0.25, 0.3) is 0 Å². The lowest BCUT2D eigenvalue weighted by Gasteiger charge is -2.38. The number of methoxy groups -OCH3 is 1. The SMILES string of the molecule is COC(C)(C)CCOC(C)(C)C1=C(C2CCC(c3ccc(Cl)cc3)CC2)C(=O)c2ccccc2C1=O. The highest BCUT2D eigenvalue weighted by molar-refractivity contribution is 6.30. The number of carbonyl (C=O) groups excluding carboxylic acids is 2. The molecule has 0 atom stereocenters. The molecule has 1 fully saturated rings. The smallest absolute Gasteiger partial charge is 0.193 e. The van der Waals surface area contributed by atoms with Crippen LogP contribution in [0, 0.1) is 5.92 Å². The van der Waals surface area contributed by atoms with Gasteiger partial charge in [-0.2, -0.15) is 0 Å². The van der Waals surface area contributed by atoms with Gasteiger partial charge in [-0.3, -0.25) is 9.59 Å². The molecule has 4 rings (SSSR count). The molecule has 0 saturated heterocycles. The van der Waals surface area contributed by atoms with Crippen molar-refractivity contribution < 1.29 is 19.1 Å². The van der Waals surface area contributed by atoms with Crippen molar-refractivity contribution in [1.82, 2.24) is 0 Å². The maximum Gasteiger partial charge on any atom is 0.193 e. The second-order valence-corrected chi connectivity index (χ2v) is 11.6. The highest BCUT2D eigenvalue weighted by atomic mass is 35.5. The summed E-state index contributed by atoms with van der Waals surface area (Å²) in [6, 6.07) is 15.3. The fourth-order valence-electron chi connectivity index (χ4n) is 5.56. The van der Waals surface area contributed by atoms with E-state index in [0.29, 0.717) is 41.2 Å². The number of benzene rings is 2. The van der Waals surface area contributed by atoms with Crippen LogP contribution >= 0.6 is 11.6 Å². The van der Waals surface area contributed by atoms with Gasteiger partial charge in [-0.25, -0.2) is 0 Å². The molecule has 2 aromatic rings. The van der Waals surface area contributed by atoms with Crippen LogP contribution in [0.15, 0.2) is 59.7 Å². The quantitative estimate of drug-likeness (QED) is 0.368. The van der Waals surface area contributed by atoms with E-state index < -0.39 is 5.60 Å². The molecule has 2 aliphatic carbocycles. The average Bonchev–Trinajstić information content (AvgIpc) is 2.86. The molecule has 2 aromatic carbocycles. The van der Waals surface area contributed by atoms with Gasteiger partial charge in [-0.1, -0.05) is 48.0 Å². The first-order valence-electron chi connectivity index (χ1n) is 12.9. The Morgan fingerprint density at radius 2 is 1.39 bits per heavy atom. The zero-order chi connectivity index (χ0) is 26.1. The van der Waals surface area contributed by atoms with Crippen LogP contribution in [-0.4, -0.2) is 36.5 Å². The molecule has 0 spiro atoms. The van der Waals surface area contributed by atoms with Crippen molar-refractivity contribution in [1.29, 1.82) is 0 Å². The van der Waals surface area contributed by atoms with Crippen molar-refractivity contribution >= 4 is 23.2 Å². The molecule has 0 amide bonds. The van der Waals surface area contributed by atoms with Gasteiger partial charge in [0.2, 0.25) is 0 Å². The molecule has 0 N–H and O–H groups in total. The molecule has 0 aliphatic heterocycles. The van der Waals surface area contributed by atoms with E-state index in [1.165, 1.54) is 5.56 Å². The first-order chi connectivity index (χ1) is 17.0. The zero-order valence-corrected chi connectivity index (χ0v) is 22.8. The number of ketones is 2. The van der Waals surface area contributed by atoms with E-state index in [0.717, 1.165) is 30.7 Å². The Morgan fingerprint density at radius 3 is 1.97 bits per heavy atom. The van der Waals surface area contributed by atoms with E-state index in [-0.39, 0.29) is 23.1 Å². The number of ether oxygens (including phenoxy) is 2. The minimum Gasteiger partial charge on any atom is -0.379 e. The van der Waals surface area contributed by atoms with Gasteiger partial charge in [0.25, 0.3) is 0 Å². The molecule has 0 aromatic heterocycles. The Kier molecular flexibility index (Phi) is 7.89. The van der Waals surface area contributed by atoms with E-state index in [1.807, 2.05) is 52.0 Å². The normalized spacial score (nSPS) is 21.1. The minimum absolute atomic E-state index is 0.0240. The zero-order valence-electron chi connectivity index (χ0n) is 22.0. The molecule has 4 nitrogen and oxygen atoms in total. The second-order valence-electron chi connectivity index (χ2n) is 11.2. The molecule has 5 heteroatoms. The fourth-order valence-corrected chi connectivity index (χ4v) is 5.68. The lowest BCUT2D eigenvalue weighted by atomic mass is 9.68. The van der Waals surface area contributed by atoms with Gasteiger partial charge in [-0.15, -0.1) is 0 Å². The minimum atomic E-state index is -0.896. The summed E-state index contributed by atoms with van der Waals surface area (Å²) >= 11 is 6.08. The van der Waals surface area contributed by atoms with Gasteiger partial charge in [-0.05, 0) is 89.3 Å². The van der Waals surface area contributed by atoms with Crippen LogP contribution in [-0.2, 0) is 9.47 Å². The van der Waals surface area contributed by atoms with Crippen molar-refractivity contribution in [3.8, 4) is 0 Å². The van der Waals surface area contributed by atoms with Crippen LogP contribution in [0.1, 0.15) is 92.0 Å². The monoisotopic (exact) mass is 508 g/mol. The van der Waals surface area contributed by atoms with Crippen LogP contribution < -0.4 is 0 Å². The Hall–Kier alpha value is -2.27. The third-order valence-corrected chi connectivity index (χ3v) is 8.21. The molecule has 2 aliphatic rings. The number of hydrogen-bond acceptors (Lipinski definition) is 4. The second kappa shape index (κ2) is 10.6. The van der Waals surface area contributed by atoms with E-state index in [4.69, 9.17) is 21.1 Å². The van der Waals surface area contributed by atoms with Crippen LogP contribution in [0.2, 0.25) is 5.02 Å². The Labute approximate surface area is 220 Å². The number of carbonyl (C=O) groups is 2. The highest BCUT2D eigenvalue weighted by Crippen LogP contribution is 2.45. The van der Waals surface area contributed by atoms with Gasteiger partial charge >= 0.3 is 0 Å². The molecule has 0 unspecified atom stereocenters. The van der Waals surface area contributed by atoms with Crippen molar-refractivity contribution in [2.45, 2.75) is 76.9 Å². The summed E-state index contributed by atoms with van der Waals surface area (Å²) < 4.78 is 11.9. The molecule has 0 radical (unpaired) electrons. The first-order valence-corrected chi connectivity index (χ1v) is 13.3. The predicted molar refractivity (Wildman–Crippen MR) is 144 cm³/mol. The van der Waals surface area contributed by atoms with Gasteiger partial charge < -0.3 is 9.47 Å². The molecule has 192 valence electrons. The van der Waals surface area contributed by atoms with Crippen molar-refractivity contribution in [3.63, 3.8) is 0 Å². The Morgan fingerprint density at radius 1 is 0.833 bits per heavy atom. The maximum atomic E-state index is 13.9. The third-order valence-electron chi connectivity index (χ3n) is 7.96. The fraction of sp³-hybridized carbons (Fsp3) is 0.484. The van der Waals surface area contributed by atoms with E-state index in [1.54, 1.807) is 19.2 Å². The van der Waals surface area contributed by atoms with Gasteiger partial charge in [0.05, 0.1) is 17.8 Å². The molecular formula is C31H37ClO4. The van der Waals surface area contributed by atoms with Crippen LogP contribution in [0.4, 0.5) is 0 Å². The van der Waals surface area contributed by atoms with Gasteiger partial charge in [0, 0.05) is 34.4 Å². The summed E-state index contributed by atoms with van der Waals surface area (Å²) in [6.07, 6.45) is 4.34. The van der Waals surface area contributed by atoms with Gasteiger partial charge in [0.15, 0.2) is 11.6 Å². The Balaban J connectivity index is 1.64. The Bertz CT molecular complexity index is 1150. The number of allylic oxidation sites excluding steroid dienone is 1. The average molecular weight is 509 g/mol. The highest BCUT2D eigenvalue weighted by Gasteiger charge is 2.43. The van der Waals surface area contributed by atoms with Crippen LogP contribution in [0.3, 0.4) is 0 Å². The number of fused-ring (bicyclic) bond motifs is 1.